The minimum absolute atomic E-state index is 0.186. The molecule has 1 saturated heterocycles. The highest BCUT2D eigenvalue weighted by Crippen LogP contribution is 2.34. The van der Waals surface area contributed by atoms with Crippen LogP contribution in [0.4, 0.5) is 0 Å². The molecular weight excluding hydrogens is 379 g/mol. The lowest BCUT2D eigenvalue weighted by Gasteiger charge is -2.16. The van der Waals surface area contributed by atoms with E-state index in [1.165, 1.54) is 0 Å². The molecule has 7 nitrogen and oxygen atoms in total. The summed E-state index contributed by atoms with van der Waals surface area (Å²) in [5.41, 5.74) is 1.58. The van der Waals surface area contributed by atoms with Crippen molar-refractivity contribution in [3.8, 4) is 0 Å². The Kier molecular flexibility index (Phi) is 4.76. The maximum atomic E-state index is 12.0. The molecule has 0 amide bonds. The van der Waals surface area contributed by atoms with Crippen molar-refractivity contribution in [2.24, 2.45) is 0 Å². The van der Waals surface area contributed by atoms with Crippen molar-refractivity contribution in [1.82, 2.24) is 19.7 Å². The summed E-state index contributed by atoms with van der Waals surface area (Å²) in [6.07, 6.45) is 2.60. The molecule has 2 atom stereocenters. The second kappa shape index (κ2) is 7.19. The van der Waals surface area contributed by atoms with E-state index in [0.29, 0.717) is 16.6 Å². The van der Waals surface area contributed by atoms with Crippen LogP contribution in [0.25, 0.3) is 11.0 Å². The number of halogens is 2. The van der Waals surface area contributed by atoms with Gasteiger partial charge < -0.3 is 14.0 Å². The first-order valence-corrected chi connectivity index (χ1v) is 8.81. The maximum absolute atomic E-state index is 12.0. The third-order valence-corrected chi connectivity index (χ3v) is 4.72. The van der Waals surface area contributed by atoms with Crippen LogP contribution >= 0.6 is 23.2 Å². The fourth-order valence-electron chi connectivity index (χ4n) is 2.96. The van der Waals surface area contributed by atoms with Gasteiger partial charge in [0.1, 0.15) is 23.9 Å². The van der Waals surface area contributed by atoms with E-state index in [0.717, 1.165) is 12.8 Å². The topological polar surface area (TPSA) is 79.1 Å². The van der Waals surface area contributed by atoms with Gasteiger partial charge in [-0.05, 0) is 25.0 Å². The third-order valence-electron chi connectivity index (χ3n) is 4.22. The molecule has 3 aromatic rings. The van der Waals surface area contributed by atoms with Crippen LogP contribution < -0.4 is 0 Å². The molecule has 0 spiro atoms. The molecule has 0 unspecified atom stereocenters. The van der Waals surface area contributed by atoms with E-state index in [1.807, 2.05) is 6.07 Å². The number of rotatable bonds is 4. The minimum atomic E-state index is -0.365. The number of hydrogen-bond donors (Lipinski definition) is 0. The number of benzene rings is 1. The van der Waals surface area contributed by atoms with Crippen LogP contribution in [0.3, 0.4) is 0 Å². The summed E-state index contributed by atoms with van der Waals surface area (Å²) in [6.45, 7) is 0.186. The summed E-state index contributed by atoms with van der Waals surface area (Å²) >= 11 is 12.2. The Morgan fingerprint density at radius 2 is 1.96 bits per heavy atom. The Bertz CT molecular complexity index is 948. The average Bonchev–Trinajstić information content (AvgIpc) is 3.31. The van der Waals surface area contributed by atoms with Crippen molar-refractivity contribution in [3.05, 3.63) is 52.5 Å². The van der Waals surface area contributed by atoms with Gasteiger partial charge in [-0.15, -0.1) is 10.2 Å². The van der Waals surface area contributed by atoms with E-state index in [-0.39, 0.29) is 35.2 Å². The largest absolute Gasteiger partial charge is 0.459 e. The van der Waals surface area contributed by atoms with Gasteiger partial charge >= 0.3 is 5.97 Å². The molecule has 0 radical (unpaired) electrons. The number of hydrogen-bond acceptors (Lipinski definition) is 6. The summed E-state index contributed by atoms with van der Waals surface area (Å²) in [4.78, 5) is 16.3. The fraction of sp³-hybridized carbons (Fsp3) is 0.294. The predicted octanol–water partition coefficient (Wildman–Crippen LogP) is 3.67. The third kappa shape index (κ3) is 3.25. The van der Waals surface area contributed by atoms with Crippen LogP contribution in [0.5, 0.6) is 0 Å². The van der Waals surface area contributed by atoms with E-state index in [1.54, 1.807) is 35.2 Å². The highest BCUT2D eigenvalue weighted by atomic mass is 35.5. The van der Waals surface area contributed by atoms with E-state index in [4.69, 9.17) is 32.7 Å². The fourth-order valence-corrected chi connectivity index (χ4v) is 3.36. The SMILES string of the molecule is O=C(OC[C@@H]1CC[C@H](n2cnc3c(Cl)nnc(Cl)c32)O1)c1ccccc1. The quantitative estimate of drug-likeness (QED) is 0.630. The number of imidazole rings is 1. The zero-order valence-electron chi connectivity index (χ0n) is 13.5. The number of ether oxygens (including phenoxy) is 2. The van der Waals surface area contributed by atoms with Gasteiger partial charge in [-0.25, -0.2) is 9.78 Å². The number of fused-ring (bicyclic) bond motifs is 1. The van der Waals surface area contributed by atoms with Gasteiger partial charge in [-0.3, -0.25) is 0 Å². The molecule has 1 aliphatic heterocycles. The van der Waals surface area contributed by atoms with E-state index in [9.17, 15) is 4.79 Å². The summed E-state index contributed by atoms with van der Waals surface area (Å²) in [7, 11) is 0. The number of carbonyl (C=O) groups excluding carboxylic acids is 1. The Morgan fingerprint density at radius 1 is 1.19 bits per heavy atom. The molecule has 1 fully saturated rings. The Labute approximate surface area is 158 Å². The Hall–Kier alpha value is -2.22. The highest BCUT2D eigenvalue weighted by molar-refractivity contribution is 6.37. The number of nitrogens with zero attached hydrogens (tertiary/aromatic N) is 4. The van der Waals surface area contributed by atoms with Crippen molar-refractivity contribution >= 4 is 40.2 Å². The first kappa shape index (κ1) is 17.2. The van der Waals surface area contributed by atoms with Crippen LogP contribution in [0.2, 0.25) is 10.3 Å². The Balaban J connectivity index is 1.43. The van der Waals surface area contributed by atoms with Gasteiger partial charge in [0.05, 0.1) is 18.0 Å². The van der Waals surface area contributed by atoms with Gasteiger partial charge in [0, 0.05) is 0 Å². The summed E-state index contributed by atoms with van der Waals surface area (Å²) in [5, 5.41) is 7.97. The molecule has 0 bridgehead atoms. The second-order valence-corrected chi connectivity index (χ2v) is 6.60. The second-order valence-electron chi connectivity index (χ2n) is 5.89. The summed E-state index contributed by atoms with van der Waals surface area (Å²) in [5.74, 6) is -0.365. The molecule has 2 aromatic heterocycles. The van der Waals surface area contributed by atoms with Crippen molar-refractivity contribution in [1.29, 1.82) is 0 Å². The molecule has 4 rings (SSSR count). The van der Waals surface area contributed by atoms with Crippen molar-refractivity contribution in [2.45, 2.75) is 25.2 Å². The van der Waals surface area contributed by atoms with Gasteiger partial charge in [0.2, 0.25) is 0 Å². The maximum Gasteiger partial charge on any atom is 0.338 e. The van der Waals surface area contributed by atoms with Crippen LogP contribution in [-0.4, -0.2) is 38.4 Å². The monoisotopic (exact) mass is 392 g/mol. The van der Waals surface area contributed by atoms with Gasteiger partial charge in [0.25, 0.3) is 0 Å². The van der Waals surface area contributed by atoms with Gasteiger partial charge in [-0.2, -0.15) is 0 Å². The molecule has 1 aromatic carbocycles. The van der Waals surface area contributed by atoms with Crippen LogP contribution in [0.1, 0.15) is 29.4 Å². The number of aromatic nitrogens is 4. The lowest BCUT2D eigenvalue weighted by atomic mass is 10.2. The predicted molar refractivity (Wildman–Crippen MR) is 95.2 cm³/mol. The summed E-state index contributed by atoms with van der Waals surface area (Å²) in [6, 6.07) is 8.86. The molecule has 134 valence electrons. The van der Waals surface area contributed by atoms with Crippen molar-refractivity contribution in [3.63, 3.8) is 0 Å². The van der Waals surface area contributed by atoms with E-state index in [2.05, 4.69) is 15.2 Å². The van der Waals surface area contributed by atoms with Crippen LogP contribution in [-0.2, 0) is 9.47 Å². The summed E-state index contributed by atoms with van der Waals surface area (Å²) < 4.78 is 13.1. The first-order valence-electron chi connectivity index (χ1n) is 8.05. The lowest BCUT2D eigenvalue weighted by molar-refractivity contribution is -0.0307. The minimum Gasteiger partial charge on any atom is -0.459 e. The van der Waals surface area contributed by atoms with E-state index < -0.39 is 0 Å². The molecule has 0 saturated carbocycles. The van der Waals surface area contributed by atoms with Gasteiger partial charge in [-0.1, -0.05) is 41.4 Å². The number of esters is 1. The van der Waals surface area contributed by atoms with E-state index >= 15 is 0 Å². The first-order chi connectivity index (χ1) is 12.6. The molecular formula is C17H14Cl2N4O3. The zero-order valence-corrected chi connectivity index (χ0v) is 15.0. The average molecular weight is 393 g/mol. The molecule has 0 N–H and O–H groups in total. The molecule has 9 heteroatoms. The molecule has 1 aliphatic rings. The van der Waals surface area contributed by atoms with Crippen molar-refractivity contribution < 1.29 is 14.3 Å². The van der Waals surface area contributed by atoms with Crippen molar-refractivity contribution in [2.75, 3.05) is 6.61 Å². The molecule has 0 aliphatic carbocycles. The van der Waals surface area contributed by atoms with Gasteiger partial charge in [0.15, 0.2) is 10.3 Å². The van der Waals surface area contributed by atoms with Crippen LogP contribution in [0, 0.1) is 0 Å². The number of carbonyl (C=O) groups is 1. The highest BCUT2D eigenvalue weighted by Gasteiger charge is 2.29. The van der Waals surface area contributed by atoms with Crippen LogP contribution in [0.15, 0.2) is 36.7 Å². The smallest absolute Gasteiger partial charge is 0.338 e. The molecule has 3 heterocycles. The Morgan fingerprint density at radius 3 is 2.77 bits per heavy atom. The lowest BCUT2D eigenvalue weighted by Crippen LogP contribution is -2.19. The normalized spacial score (nSPS) is 19.8. The zero-order chi connectivity index (χ0) is 18.1. The molecule has 26 heavy (non-hydrogen) atoms. The standard InChI is InChI=1S/C17H14Cl2N4O3/c18-15-13-14(16(19)22-21-15)23(9-20-13)12-7-6-11(26-12)8-25-17(24)10-4-2-1-3-5-10/h1-5,9,11-12H,6-8H2/t11-,12+/m0/s1.